The monoisotopic (exact) mass is 1510 g/mol. The van der Waals surface area contributed by atoms with Gasteiger partial charge >= 0.3 is 39.5 Å². The molecule has 6 atom stereocenters. The van der Waals surface area contributed by atoms with Gasteiger partial charge in [-0.2, -0.15) is 0 Å². The van der Waals surface area contributed by atoms with Gasteiger partial charge in [-0.15, -0.1) is 0 Å². The van der Waals surface area contributed by atoms with Crippen LogP contribution in [0.4, 0.5) is 0 Å². The average Bonchev–Trinajstić information content (AvgIpc) is 0.914. The highest BCUT2D eigenvalue weighted by atomic mass is 31.2. The van der Waals surface area contributed by atoms with E-state index < -0.39 is 97.5 Å². The molecule has 3 N–H and O–H groups in total. The fourth-order valence-electron chi connectivity index (χ4n) is 13.1. The Bertz CT molecular complexity index is 1960. The fourth-order valence-corrected chi connectivity index (χ4v) is 14.7. The predicted octanol–water partition coefficient (Wildman–Crippen LogP) is 25.6. The van der Waals surface area contributed by atoms with E-state index in [1.165, 1.54) is 276 Å². The molecule has 0 radical (unpaired) electrons. The number of aliphatic hydroxyl groups is 1. The third kappa shape index (κ3) is 76.6. The summed E-state index contributed by atoms with van der Waals surface area (Å²) >= 11 is 0. The Morgan fingerprint density at radius 1 is 0.272 bits per heavy atom. The van der Waals surface area contributed by atoms with Gasteiger partial charge in [-0.25, -0.2) is 9.13 Å². The number of hydrogen-bond donors (Lipinski definition) is 3. The van der Waals surface area contributed by atoms with Crippen LogP contribution in [0.3, 0.4) is 0 Å². The van der Waals surface area contributed by atoms with E-state index in [2.05, 4.69) is 34.6 Å². The highest BCUT2D eigenvalue weighted by Gasteiger charge is 2.30. The summed E-state index contributed by atoms with van der Waals surface area (Å²) in [5.41, 5.74) is 0. The second-order valence-electron chi connectivity index (χ2n) is 30.5. The summed E-state index contributed by atoms with van der Waals surface area (Å²) in [6, 6.07) is 0. The van der Waals surface area contributed by atoms with Crippen molar-refractivity contribution in [2.24, 2.45) is 5.92 Å². The highest BCUT2D eigenvalue weighted by molar-refractivity contribution is 7.47. The summed E-state index contributed by atoms with van der Waals surface area (Å²) < 4.78 is 68.8. The van der Waals surface area contributed by atoms with Crippen LogP contribution in [0.5, 0.6) is 0 Å². The highest BCUT2D eigenvalue weighted by Crippen LogP contribution is 2.45. The molecule has 3 unspecified atom stereocenters. The first kappa shape index (κ1) is 101. The SMILES string of the molecule is CCCCCCCCCCCCCCCCCCCCCCCCC(=O)O[C@H](COC(=O)CCCCCCCCCCCCCCCCCCCC)COP(=O)(O)OC[C@@H](O)COP(=O)(O)OC[C@@H](COC(=O)CCCCCCCCCCCCC)OC(=O)CCCCCCCCCCC(C)CC. The number of esters is 4. The maximum Gasteiger partial charge on any atom is 0.472 e. The minimum Gasteiger partial charge on any atom is -0.462 e. The first-order valence-electron chi connectivity index (χ1n) is 43.7. The van der Waals surface area contributed by atoms with E-state index in [0.717, 1.165) is 95.8 Å². The number of phosphoric ester groups is 2. The third-order valence-corrected chi connectivity index (χ3v) is 22.0. The van der Waals surface area contributed by atoms with Crippen molar-refractivity contribution in [3.63, 3.8) is 0 Å². The molecule has 19 heteroatoms. The molecule has 0 aromatic heterocycles. The second-order valence-corrected chi connectivity index (χ2v) is 33.4. The van der Waals surface area contributed by atoms with E-state index >= 15 is 0 Å². The molecule has 0 aliphatic heterocycles. The van der Waals surface area contributed by atoms with E-state index in [4.69, 9.17) is 37.0 Å². The van der Waals surface area contributed by atoms with Crippen LogP contribution in [-0.4, -0.2) is 96.7 Å². The summed E-state index contributed by atoms with van der Waals surface area (Å²) in [5, 5.41) is 10.7. The van der Waals surface area contributed by atoms with Crippen molar-refractivity contribution in [2.75, 3.05) is 39.6 Å². The van der Waals surface area contributed by atoms with Gasteiger partial charge in [0.25, 0.3) is 0 Å². The summed E-state index contributed by atoms with van der Waals surface area (Å²) in [6.07, 6.45) is 69.5. The lowest BCUT2D eigenvalue weighted by atomic mass is 9.99. The van der Waals surface area contributed by atoms with Crippen LogP contribution in [0.1, 0.15) is 452 Å². The molecule has 0 aromatic carbocycles. The number of unbranched alkanes of at least 4 members (excludes halogenated alkanes) is 55. The number of carbonyl (C=O) groups is 4. The largest absolute Gasteiger partial charge is 0.472 e. The molecule has 0 rings (SSSR count). The Kier molecular flexibility index (Phi) is 75.4. The van der Waals surface area contributed by atoms with Gasteiger partial charge in [-0.3, -0.25) is 37.3 Å². The first-order valence-corrected chi connectivity index (χ1v) is 46.7. The van der Waals surface area contributed by atoms with Crippen molar-refractivity contribution in [2.45, 2.75) is 470 Å². The van der Waals surface area contributed by atoms with Crippen LogP contribution >= 0.6 is 15.6 Å². The lowest BCUT2D eigenvalue weighted by molar-refractivity contribution is -0.161. The van der Waals surface area contributed by atoms with Crippen molar-refractivity contribution >= 4 is 39.5 Å². The van der Waals surface area contributed by atoms with Crippen molar-refractivity contribution in [3.8, 4) is 0 Å². The van der Waals surface area contributed by atoms with Gasteiger partial charge < -0.3 is 33.8 Å². The second kappa shape index (κ2) is 76.8. The molecule has 0 fully saturated rings. The number of hydrogen-bond acceptors (Lipinski definition) is 15. The Balaban J connectivity index is 5.21. The molecule has 0 aromatic rings. The molecule has 0 saturated carbocycles. The minimum atomic E-state index is -4.96. The van der Waals surface area contributed by atoms with Crippen molar-refractivity contribution in [3.05, 3.63) is 0 Å². The van der Waals surface area contributed by atoms with E-state index in [1.54, 1.807) is 0 Å². The quantitative estimate of drug-likeness (QED) is 0.0222. The Hall–Kier alpha value is -1.94. The molecule has 103 heavy (non-hydrogen) atoms. The zero-order valence-electron chi connectivity index (χ0n) is 67.5. The van der Waals surface area contributed by atoms with Crippen LogP contribution in [-0.2, 0) is 65.4 Å². The fraction of sp³-hybridized carbons (Fsp3) is 0.952. The lowest BCUT2D eigenvalue weighted by Crippen LogP contribution is -2.30. The van der Waals surface area contributed by atoms with Crippen molar-refractivity contribution in [1.29, 1.82) is 0 Å². The number of phosphoric acid groups is 2. The summed E-state index contributed by atoms with van der Waals surface area (Å²) in [7, 11) is -9.92. The molecule has 0 saturated heterocycles. The Morgan fingerprint density at radius 2 is 0.466 bits per heavy atom. The van der Waals surface area contributed by atoms with Crippen LogP contribution in [0.15, 0.2) is 0 Å². The predicted molar refractivity (Wildman–Crippen MR) is 423 cm³/mol. The van der Waals surface area contributed by atoms with Gasteiger partial charge in [-0.1, -0.05) is 401 Å². The molecule has 0 amide bonds. The average molecular weight is 1510 g/mol. The van der Waals surface area contributed by atoms with E-state index in [0.29, 0.717) is 25.7 Å². The van der Waals surface area contributed by atoms with Gasteiger partial charge in [-0.05, 0) is 31.6 Å². The van der Waals surface area contributed by atoms with Crippen molar-refractivity contribution < 1.29 is 80.2 Å². The third-order valence-electron chi connectivity index (χ3n) is 20.1. The standard InChI is InChI=1S/C84H164O17P2/c1-6-10-13-16-19-22-25-27-29-31-33-34-35-36-38-40-42-45-48-54-59-64-69-83(88)100-79(73-95-82(87)68-63-58-53-47-44-41-39-37-32-30-28-26-23-20-17-14-11-7-2)75-98-102(90,91)96-71-78(85)72-97-103(92,93)99-76-80(74-94-81(86)67-62-57-52-46-43-24-21-18-15-12-8-3)101-84(89)70-65-60-55-50-49-51-56-61-66-77(5)9-4/h77-80,85H,6-76H2,1-5H3,(H,90,91)(H,92,93)/t77?,78-,79-,80-/m1/s1. The minimum absolute atomic E-state index is 0.106. The molecule has 0 aliphatic rings. The van der Waals surface area contributed by atoms with Gasteiger partial charge in [0, 0.05) is 25.7 Å². The van der Waals surface area contributed by atoms with Gasteiger partial charge in [0.15, 0.2) is 12.2 Å². The maximum absolute atomic E-state index is 13.1. The number of ether oxygens (including phenoxy) is 4. The van der Waals surface area contributed by atoms with E-state index in [1.807, 2.05) is 0 Å². The molecule has 0 spiro atoms. The molecular formula is C84H164O17P2. The number of aliphatic hydroxyl groups excluding tert-OH is 1. The molecule has 17 nitrogen and oxygen atoms in total. The zero-order valence-corrected chi connectivity index (χ0v) is 69.3. The van der Waals surface area contributed by atoms with Crippen LogP contribution in [0.2, 0.25) is 0 Å². The maximum atomic E-state index is 13.1. The number of rotatable bonds is 84. The first-order chi connectivity index (χ1) is 50.1. The van der Waals surface area contributed by atoms with Gasteiger partial charge in [0.1, 0.15) is 19.3 Å². The van der Waals surface area contributed by atoms with Crippen LogP contribution in [0, 0.1) is 5.92 Å². The van der Waals surface area contributed by atoms with E-state index in [9.17, 15) is 43.2 Å². The molecule has 0 bridgehead atoms. The zero-order chi connectivity index (χ0) is 75.5. The summed E-state index contributed by atoms with van der Waals surface area (Å²) in [6.45, 7) is 7.34. The molecule has 612 valence electrons. The normalized spacial score (nSPS) is 14.1. The topological polar surface area (TPSA) is 237 Å². The van der Waals surface area contributed by atoms with Crippen molar-refractivity contribution in [1.82, 2.24) is 0 Å². The van der Waals surface area contributed by atoms with E-state index in [-0.39, 0.29) is 25.7 Å². The molecule has 0 heterocycles. The Labute approximate surface area is 632 Å². The van der Waals surface area contributed by atoms with Gasteiger partial charge in [0.05, 0.1) is 26.4 Å². The molecule has 0 aliphatic carbocycles. The number of carbonyl (C=O) groups excluding carboxylic acids is 4. The molecular weight excluding hydrogens is 1340 g/mol. The van der Waals surface area contributed by atoms with Crippen LogP contribution in [0.25, 0.3) is 0 Å². The van der Waals surface area contributed by atoms with Gasteiger partial charge in [0.2, 0.25) is 0 Å². The Morgan fingerprint density at radius 3 is 0.689 bits per heavy atom. The lowest BCUT2D eigenvalue weighted by Gasteiger charge is -2.21. The smallest absolute Gasteiger partial charge is 0.462 e. The van der Waals surface area contributed by atoms with Crippen LogP contribution < -0.4 is 0 Å². The summed E-state index contributed by atoms with van der Waals surface area (Å²) in [4.78, 5) is 73.1. The summed E-state index contributed by atoms with van der Waals surface area (Å²) in [5.74, 6) is -1.34.